The lowest BCUT2D eigenvalue weighted by molar-refractivity contribution is -0.129. The molecule has 1 aliphatic heterocycles. The Balaban J connectivity index is 1.94. The number of hydrogen-bond donors (Lipinski definition) is 0. The molecule has 22 heavy (non-hydrogen) atoms. The highest BCUT2D eigenvalue weighted by Crippen LogP contribution is 2.20. The summed E-state index contributed by atoms with van der Waals surface area (Å²) in [5.41, 5.74) is 3.93. The van der Waals surface area contributed by atoms with Gasteiger partial charge in [0.25, 0.3) is 0 Å². The average Bonchev–Trinajstić information content (AvgIpc) is 2.85. The number of cyclic esters (lactones) is 1. The molecule has 3 nitrogen and oxygen atoms in total. The van der Waals surface area contributed by atoms with Crippen molar-refractivity contribution in [2.24, 2.45) is 4.99 Å². The zero-order valence-corrected chi connectivity index (χ0v) is 12.3. The maximum Gasteiger partial charge on any atom is 0.363 e. The van der Waals surface area contributed by atoms with E-state index in [0.29, 0.717) is 11.5 Å². The van der Waals surface area contributed by atoms with Crippen LogP contribution in [0.4, 0.5) is 4.39 Å². The molecule has 0 bridgehead atoms. The number of benzene rings is 2. The second kappa shape index (κ2) is 5.56. The van der Waals surface area contributed by atoms with Crippen LogP contribution in [0.5, 0.6) is 0 Å². The number of hydrogen-bond acceptors (Lipinski definition) is 3. The highest BCUT2D eigenvalue weighted by atomic mass is 19.1. The second-order valence-corrected chi connectivity index (χ2v) is 5.19. The van der Waals surface area contributed by atoms with E-state index in [9.17, 15) is 9.18 Å². The minimum Gasteiger partial charge on any atom is -0.402 e. The Hall–Kier alpha value is -2.75. The molecule has 0 radical (unpaired) electrons. The van der Waals surface area contributed by atoms with Crippen molar-refractivity contribution in [3.63, 3.8) is 0 Å². The van der Waals surface area contributed by atoms with Crippen LogP contribution >= 0.6 is 0 Å². The molecule has 0 unspecified atom stereocenters. The first-order chi connectivity index (χ1) is 10.5. The lowest BCUT2D eigenvalue weighted by atomic mass is 10.1. The molecule has 1 aliphatic rings. The summed E-state index contributed by atoms with van der Waals surface area (Å²) >= 11 is 0. The van der Waals surface area contributed by atoms with Crippen LogP contribution in [0.1, 0.15) is 22.3 Å². The normalized spacial score (nSPS) is 15.9. The van der Waals surface area contributed by atoms with Crippen molar-refractivity contribution >= 4 is 17.9 Å². The smallest absolute Gasteiger partial charge is 0.363 e. The zero-order chi connectivity index (χ0) is 15.7. The van der Waals surface area contributed by atoms with E-state index < -0.39 is 5.97 Å². The summed E-state index contributed by atoms with van der Waals surface area (Å²) in [4.78, 5) is 16.1. The molecule has 2 aromatic rings. The SMILES string of the molecule is Cc1ccc(C2=N/C(=C\c3ccc(F)cc3)C(=O)O2)cc1C. The van der Waals surface area contributed by atoms with E-state index in [2.05, 4.69) is 4.99 Å². The fraction of sp³-hybridized carbons (Fsp3) is 0.111. The number of aliphatic imine (C=N–C) groups is 1. The van der Waals surface area contributed by atoms with Gasteiger partial charge in [0.05, 0.1) is 0 Å². The largest absolute Gasteiger partial charge is 0.402 e. The van der Waals surface area contributed by atoms with Crippen molar-refractivity contribution in [2.75, 3.05) is 0 Å². The van der Waals surface area contributed by atoms with Crippen LogP contribution in [0.2, 0.25) is 0 Å². The maximum absolute atomic E-state index is 12.9. The summed E-state index contributed by atoms with van der Waals surface area (Å²) in [6.07, 6.45) is 1.58. The lowest BCUT2D eigenvalue weighted by Gasteiger charge is -2.03. The van der Waals surface area contributed by atoms with Gasteiger partial charge in [0.2, 0.25) is 5.90 Å². The highest BCUT2D eigenvalue weighted by Gasteiger charge is 2.24. The number of carbonyl (C=O) groups is 1. The minimum absolute atomic E-state index is 0.208. The second-order valence-electron chi connectivity index (χ2n) is 5.19. The Morgan fingerprint density at radius 1 is 1.05 bits per heavy atom. The first kappa shape index (κ1) is 14.2. The third-order valence-electron chi connectivity index (χ3n) is 3.55. The topological polar surface area (TPSA) is 38.7 Å². The van der Waals surface area contributed by atoms with Crippen molar-refractivity contribution in [2.45, 2.75) is 13.8 Å². The molecule has 110 valence electrons. The van der Waals surface area contributed by atoms with Gasteiger partial charge in [-0.25, -0.2) is 14.2 Å². The molecule has 4 heteroatoms. The molecule has 0 spiro atoms. The van der Waals surface area contributed by atoms with Crippen LogP contribution in [0.25, 0.3) is 6.08 Å². The summed E-state index contributed by atoms with van der Waals surface area (Å²) in [5, 5.41) is 0. The van der Waals surface area contributed by atoms with Gasteiger partial charge in [0.1, 0.15) is 5.82 Å². The molecule has 0 saturated carbocycles. The average molecular weight is 295 g/mol. The number of esters is 1. The van der Waals surface area contributed by atoms with Crippen molar-refractivity contribution in [1.82, 2.24) is 0 Å². The minimum atomic E-state index is -0.502. The van der Waals surface area contributed by atoms with Gasteiger partial charge in [-0.1, -0.05) is 18.2 Å². The Morgan fingerprint density at radius 3 is 2.45 bits per heavy atom. The van der Waals surface area contributed by atoms with E-state index in [4.69, 9.17) is 4.74 Å². The standard InChI is InChI=1S/C18H14FNO2/c1-11-3-6-14(9-12(11)2)17-20-16(18(21)22-17)10-13-4-7-15(19)8-5-13/h3-10H,1-2H3/b16-10-. The molecule has 0 amide bonds. The maximum atomic E-state index is 12.9. The van der Waals surface area contributed by atoms with Gasteiger partial charge < -0.3 is 4.74 Å². The molecule has 0 aromatic heterocycles. The van der Waals surface area contributed by atoms with Crippen molar-refractivity contribution in [1.29, 1.82) is 0 Å². The Bertz CT molecular complexity index is 804. The van der Waals surface area contributed by atoms with Crippen LogP contribution < -0.4 is 0 Å². The third kappa shape index (κ3) is 2.81. The number of ether oxygens (including phenoxy) is 1. The summed E-state index contributed by atoms with van der Waals surface area (Å²) in [6.45, 7) is 4.01. The number of aryl methyl sites for hydroxylation is 2. The van der Waals surface area contributed by atoms with Gasteiger partial charge in [0.15, 0.2) is 5.70 Å². The molecule has 0 aliphatic carbocycles. The molecule has 1 heterocycles. The summed E-state index contributed by atoms with van der Waals surface area (Å²) < 4.78 is 18.1. The number of nitrogens with zero attached hydrogens (tertiary/aromatic N) is 1. The Labute approximate surface area is 127 Å². The molecule has 0 saturated heterocycles. The van der Waals surface area contributed by atoms with E-state index in [0.717, 1.165) is 16.7 Å². The summed E-state index contributed by atoms with van der Waals surface area (Å²) in [7, 11) is 0. The van der Waals surface area contributed by atoms with Crippen molar-refractivity contribution < 1.29 is 13.9 Å². The van der Waals surface area contributed by atoms with Gasteiger partial charge in [0, 0.05) is 5.56 Å². The highest BCUT2D eigenvalue weighted by molar-refractivity contribution is 6.12. The number of halogens is 1. The molecule has 0 fully saturated rings. The van der Waals surface area contributed by atoms with Gasteiger partial charge in [-0.2, -0.15) is 0 Å². The Morgan fingerprint density at radius 2 is 1.77 bits per heavy atom. The Kier molecular flexibility index (Phi) is 3.59. The zero-order valence-electron chi connectivity index (χ0n) is 12.3. The van der Waals surface area contributed by atoms with Crippen LogP contribution in [0.15, 0.2) is 53.2 Å². The monoisotopic (exact) mass is 295 g/mol. The summed E-state index contributed by atoms with van der Waals surface area (Å²) in [5.74, 6) is -0.533. The third-order valence-corrected chi connectivity index (χ3v) is 3.55. The van der Waals surface area contributed by atoms with Crippen LogP contribution in [0, 0.1) is 19.7 Å². The molecule has 0 atom stereocenters. The van der Waals surface area contributed by atoms with Gasteiger partial charge in [-0.3, -0.25) is 0 Å². The quantitative estimate of drug-likeness (QED) is 0.624. The van der Waals surface area contributed by atoms with E-state index in [1.54, 1.807) is 18.2 Å². The van der Waals surface area contributed by atoms with E-state index >= 15 is 0 Å². The van der Waals surface area contributed by atoms with E-state index in [-0.39, 0.29) is 11.5 Å². The molecular formula is C18H14FNO2. The summed E-state index contributed by atoms with van der Waals surface area (Å²) in [6, 6.07) is 11.6. The molecular weight excluding hydrogens is 281 g/mol. The molecule has 0 N–H and O–H groups in total. The fourth-order valence-electron chi connectivity index (χ4n) is 2.12. The van der Waals surface area contributed by atoms with Gasteiger partial charge >= 0.3 is 5.97 Å². The van der Waals surface area contributed by atoms with E-state index in [1.807, 2.05) is 32.0 Å². The first-order valence-electron chi connectivity index (χ1n) is 6.89. The predicted molar refractivity (Wildman–Crippen MR) is 82.9 cm³/mol. The van der Waals surface area contributed by atoms with Gasteiger partial charge in [-0.15, -0.1) is 0 Å². The fourth-order valence-corrected chi connectivity index (χ4v) is 2.12. The molecule has 2 aromatic carbocycles. The van der Waals surface area contributed by atoms with Crippen molar-refractivity contribution in [3.05, 3.63) is 76.2 Å². The number of rotatable bonds is 2. The first-order valence-corrected chi connectivity index (χ1v) is 6.89. The van der Waals surface area contributed by atoms with Crippen molar-refractivity contribution in [3.8, 4) is 0 Å². The van der Waals surface area contributed by atoms with Crippen LogP contribution in [0.3, 0.4) is 0 Å². The predicted octanol–water partition coefficient (Wildman–Crippen LogP) is 3.79. The van der Waals surface area contributed by atoms with Crippen LogP contribution in [-0.4, -0.2) is 11.9 Å². The van der Waals surface area contributed by atoms with Gasteiger partial charge in [-0.05, 0) is 60.9 Å². The number of carbonyl (C=O) groups excluding carboxylic acids is 1. The van der Waals surface area contributed by atoms with E-state index in [1.165, 1.54) is 12.1 Å². The lowest BCUT2D eigenvalue weighted by Crippen LogP contribution is -2.05. The van der Waals surface area contributed by atoms with Crippen LogP contribution in [-0.2, 0) is 9.53 Å². The molecule has 3 rings (SSSR count).